The van der Waals surface area contributed by atoms with Gasteiger partial charge in [-0.1, -0.05) is 18.3 Å². The Labute approximate surface area is 105 Å². The highest BCUT2D eigenvalue weighted by atomic mass is 35.5. The summed E-state index contributed by atoms with van der Waals surface area (Å²) in [4.78, 5) is 11.3. The van der Waals surface area contributed by atoms with Gasteiger partial charge >= 0.3 is 0 Å². The second-order valence-electron chi connectivity index (χ2n) is 3.48. The second-order valence-corrected chi connectivity index (χ2v) is 4.54. The average molecular weight is 265 g/mol. The van der Waals surface area contributed by atoms with Crippen LogP contribution in [0, 0.1) is 0 Å². The molecule has 1 atom stereocenters. The molecular formula is C9H17ClN4OS. The zero-order chi connectivity index (χ0) is 11.3. The molecule has 0 aliphatic heterocycles. The van der Waals surface area contributed by atoms with Crippen LogP contribution < -0.4 is 11.1 Å². The van der Waals surface area contributed by atoms with E-state index in [-0.39, 0.29) is 24.4 Å². The fourth-order valence-electron chi connectivity index (χ4n) is 1.08. The van der Waals surface area contributed by atoms with Crippen LogP contribution in [0.2, 0.25) is 0 Å². The van der Waals surface area contributed by atoms with Gasteiger partial charge in [-0.05, 0) is 13.3 Å². The SMILES string of the molecule is CCCc1nnc(NC(=O)CC(C)N)s1.Cl. The van der Waals surface area contributed by atoms with Crippen LogP contribution >= 0.6 is 23.7 Å². The quantitative estimate of drug-likeness (QED) is 0.846. The molecule has 0 saturated heterocycles. The lowest BCUT2D eigenvalue weighted by atomic mass is 10.2. The first-order valence-electron chi connectivity index (χ1n) is 4.99. The van der Waals surface area contributed by atoms with Gasteiger partial charge in [0.25, 0.3) is 0 Å². The number of amides is 1. The molecule has 0 spiro atoms. The summed E-state index contributed by atoms with van der Waals surface area (Å²) in [6.07, 6.45) is 2.24. The van der Waals surface area contributed by atoms with Crippen molar-refractivity contribution in [3.05, 3.63) is 5.01 Å². The number of aromatic nitrogens is 2. The minimum Gasteiger partial charge on any atom is -0.327 e. The van der Waals surface area contributed by atoms with Gasteiger partial charge in [0.2, 0.25) is 11.0 Å². The molecule has 16 heavy (non-hydrogen) atoms. The monoisotopic (exact) mass is 264 g/mol. The number of anilines is 1. The van der Waals surface area contributed by atoms with Gasteiger partial charge in [0.05, 0.1) is 0 Å². The summed E-state index contributed by atoms with van der Waals surface area (Å²) in [5.41, 5.74) is 5.51. The summed E-state index contributed by atoms with van der Waals surface area (Å²) in [6.45, 7) is 3.87. The minimum atomic E-state index is -0.131. The van der Waals surface area contributed by atoms with Gasteiger partial charge in [0.1, 0.15) is 5.01 Å². The number of nitrogens with two attached hydrogens (primary N) is 1. The van der Waals surface area contributed by atoms with Crippen molar-refractivity contribution >= 4 is 34.8 Å². The van der Waals surface area contributed by atoms with Crippen LogP contribution in [0.5, 0.6) is 0 Å². The van der Waals surface area contributed by atoms with E-state index < -0.39 is 0 Å². The van der Waals surface area contributed by atoms with Crippen molar-refractivity contribution in [3.63, 3.8) is 0 Å². The van der Waals surface area contributed by atoms with Crippen LogP contribution in [0.1, 0.15) is 31.7 Å². The fraction of sp³-hybridized carbons (Fsp3) is 0.667. The van der Waals surface area contributed by atoms with Gasteiger partial charge in [-0.25, -0.2) is 0 Å². The van der Waals surface area contributed by atoms with Crippen LogP contribution in [0.15, 0.2) is 0 Å². The lowest BCUT2D eigenvalue weighted by Gasteiger charge is -2.03. The Balaban J connectivity index is 0.00000225. The zero-order valence-corrected chi connectivity index (χ0v) is 11.0. The third-order valence-corrected chi connectivity index (χ3v) is 2.58. The van der Waals surface area contributed by atoms with Crippen LogP contribution in [0.25, 0.3) is 0 Å². The smallest absolute Gasteiger partial charge is 0.227 e. The molecule has 3 N–H and O–H groups in total. The molecule has 1 amide bonds. The van der Waals surface area contributed by atoms with E-state index in [1.165, 1.54) is 11.3 Å². The molecule has 0 aliphatic rings. The number of hydrogen-bond donors (Lipinski definition) is 2. The van der Waals surface area contributed by atoms with E-state index in [9.17, 15) is 4.79 Å². The van der Waals surface area contributed by atoms with Gasteiger partial charge in [-0.2, -0.15) is 0 Å². The molecular weight excluding hydrogens is 248 g/mol. The lowest BCUT2D eigenvalue weighted by Crippen LogP contribution is -2.23. The Morgan fingerprint density at radius 3 is 2.81 bits per heavy atom. The summed E-state index contributed by atoms with van der Waals surface area (Å²) >= 11 is 1.42. The predicted octanol–water partition coefficient (Wildman–Crippen LogP) is 1.59. The van der Waals surface area contributed by atoms with Crippen molar-refractivity contribution in [1.29, 1.82) is 0 Å². The highest BCUT2D eigenvalue weighted by molar-refractivity contribution is 7.15. The summed E-state index contributed by atoms with van der Waals surface area (Å²) in [6, 6.07) is -0.131. The molecule has 0 aliphatic carbocycles. The Morgan fingerprint density at radius 2 is 2.25 bits per heavy atom. The molecule has 0 saturated carbocycles. The van der Waals surface area contributed by atoms with E-state index in [1.807, 2.05) is 0 Å². The van der Waals surface area contributed by atoms with Gasteiger partial charge < -0.3 is 11.1 Å². The van der Waals surface area contributed by atoms with Crippen molar-refractivity contribution in [2.45, 2.75) is 39.2 Å². The van der Waals surface area contributed by atoms with Gasteiger partial charge in [-0.15, -0.1) is 22.6 Å². The van der Waals surface area contributed by atoms with Crippen molar-refractivity contribution in [1.82, 2.24) is 10.2 Å². The maximum Gasteiger partial charge on any atom is 0.227 e. The molecule has 0 aromatic carbocycles. The van der Waals surface area contributed by atoms with Crippen LogP contribution in [-0.2, 0) is 11.2 Å². The molecule has 0 fully saturated rings. The Hall–Kier alpha value is -0.720. The van der Waals surface area contributed by atoms with E-state index in [2.05, 4.69) is 22.4 Å². The molecule has 1 heterocycles. The maximum absolute atomic E-state index is 11.3. The van der Waals surface area contributed by atoms with Crippen molar-refractivity contribution in [2.75, 3.05) is 5.32 Å². The number of rotatable bonds is 5. The number of hydrogen-bond acceptors (Lipinski definition) is 5. The van der Waals surface area contributed by atoms with E-state index in [4.69, 9.17) is 5.73 Å². The normalized spacial score (nSPS) is 11.7. The van der Waals surface area contributed by atoms with Crippen molar-refractivity contribution < 1.29 is 4.79 Å². The fourth-order valence-corrected chi connectivity index (χ4v) is 1.94. The van der Waals surface area contributed by atoms with Crippen LogP contribution in [0.4, 0.5) is 5.13 Å². The predicted molar refractivity (Wildman–Crippen MR) is 68.0 cm³/mol. The maximum atomic E-state index is 11.3. The molecule has 1 aromatic heterocycles. The zero-order valence-electron chi connectivity index (χ0n) is 9.40. The highest BCUT2D eigenvalue weighted by Gasteiger charge is 2.09. The molecule has 1 unspecified atom stereocenters. The number of carbonyl (C=O) groups excluding carboxylic acids is 1. The van der Waals surface area contributed by atoms with Gasteiger partial charge in [0, 0.05) is 18.9 Å². The van der Waals surface area contributed by atoms with Crippen LogP contribution in [-0.4, -0.2) is 22.1 Å². The lowest BCUT2D eigenvalue weighted by molar-refractivity contribution is -0.116. The van der Waals surface area contributed by atoms with E-state index in [1.54, 1.807) is 6.92 Å². The number of halogens is 1. The summed E-state index contributed by atoms with van der Waals surface area (Å²) in [5.74, 6) is -0.107. The Morgan fingerprint density at radius 1 is 1.56 bits per heavy atom. The van der Waals surface area contributed by atoms with Crippen molar-refractivity contribution in [3.8, 4) is 0 Å². The number of aryl methyl sites for hydroxylation is 1. The van der Waals surface area contributed by atoms with Crippen molar-refractivity contribution in [2.24, 2.45) is 5.73 Å². The third-order valence-electron chi connectivity index (χ3n) is 1.68. The standard InChI is InChI=1S/C9H16N4OS.ClH/c1-3-4-8-12-13-9(15-8)11-7(14)5-6(2)10;/h6H,3-5,10H2,1-2H3,(H,11,13,14);1H. The summed E-state index contributed by atoms with van der Waals surface area (Å²) < 4.78 is 0. The average Bonchev–Trinajstić information content (AvgIpc) is 2.51. The number of nitrogens with zero attached hydrogens (tertiary/aromatic N) is 2. The van der Waals surface area contributed by atoms with E-state index in [0.717, 1.165) is 17.8 Å². The Kier molecular flexibility index (Phi) is 7.20. The third kappa shape index (κ3) is 5.39. The van der Waals surface area contributed by atoms with Gasteiger partial charge in [0.15, 0.2) is 0 Å². The first-order chi connectivity index (χ1) is 7.11. The van der Waals surface area contributed by atoms with E-state index >= 15 is 0 Å². The second kappa shape index (κ2) is 7.54. The summed E-state index contributed by atoms with van der Waals surface area (Å²) in [7, 11) is 0. The number of nitrogens with one attached hydrogen (secondary N) is 1. The molecule has 0 radical (unpaired) electrons. The number of carbonyl (C=O) groups is 1. The first kappa shape index (κ1) is 15.3. The van der Waals surface area contributed by atoms with E-state index in [0.29, 0.717) is 11.6 Å². The Bertz CT molecular complexity index is 329. The highest BCUT2D eigenvalue weighted by Crippen LogP contribution is 2.16. The largest absolute Gasteiger partial charge is 0.327 e. The minimum absolute atomic E-state index is 0. The van der Waals surface area contributed by atoms with Crippen LogP contribution in [0.3, 0.4) is 0 Å². The molecule has 7 heteroatoms. The van der Waals surface area contributed by atoms with Gasteiger partial charge in [-0.3, -0.25) is 4.79 Å². The molecule has 92 valence electrons. The molecule has 5 nitrogen and oxygen atoms in total. The topological polar surface area (TPSA) is 80.9 Å². The summed E-state index contributed by atoms with van der Waals surface area (Å²) in [5, 5.41) is 12.0. The first-order valence-corrected chi connectivity index (χ1v) is 5.81. The molecule has 1 rings (SSSR count). The molecule has 1 aromatic rings. The molecule has 0 bridgehead atoms.